The molecule has 0 saturated carbocycles. The van der Waals surface area contributed by atoms with Gasteiger partial charge in [0.05, 0.1) is 11.4 Å². The summed E-state index contributed by atoms with van der Waals surface area (Å²) in [6.07, 6.45) is 0. The summed E-state index contributed by atoms with van der Waals surface area (Å²) in [6, 6.07) is 80.7. The molecule has 0 spiro atoms. The van der Waals surface area contributed by atoms with E-state index in [9.17, 15) is 0 Å². The van der Waals surface area contributed by atoms with Crippen LogP contribution < -0.4 is 9.80 Å². The van der Waals surface area contributed by atoms with Crippen molar-refractivity contribution in [2.75, 3.05) is 9.80 Å². The molecule has 57 heavy (non-hydrogen) atoms. The number of hydrogen-bond acceptors (Lipinski definition) is 2. The van der Waals surface area contributed by atoms with E-state index in [1.54, 1.807) is 12.1 Å². The number of hydrogen-bond donors (Lipinski definition) is 0. The Morgan fingerprint density at radius 2 is 0.509 bits per heavy atom. The van der Waals surface area contributed by atoms with Crippen LogP contribution in [0.4, 0.5) is 38.5 Å². The van der Waals surface area contributed by atoms with Crippen molar-refractivity contribution in [3.8, 4) is 44.5 Å². The summed E-state index contributed by atoms with van der Waals surface area (Å²) in [4.78, 5) is 4.29. The molecule has 0 aliphatic rings. The monoisotopic (exact) mass is 734 g/mol. The summed E-state index contributed by atoms with van der Waals surface area (Å²) >= 11 is 0. The number of benzene rings is 9. The van der Waals surface area contributed by atoms with E-state index in [2.05, 4.69) is 210 Å². The van der Waals surface area contributed by atoms with E-state index < -0.39 is 0 Å². The van der Waals surface area contributed by atoms with E-state index in [0.717, 1.165) is 67.3 Å². The van der Waals surface area contributed by atoms with Crippen molar-refractivity contribution in [2.24, 2.45) is 0 Å². The van der Waals surface area contributed by atoms with E-state index in [-0.39, 0.29) is 5.82 Å². The molecule has 0 unspecified atom stereocenters. The molecule has 0 amide bonds. The summed E-state index contributed by atoms with van der Waals surface area (Å²) in [5, 5.41) is 0. The van der Waals surface area contributed by atoms with Gasteiger partial charge in [-0.2, -0.15) is 0 Å². The first kappa shape index (κ1) is 35.2. The van der Waals surface area contributed by atoms with Crippen LogP contribution >= 0.6 is 0 Å². The van der Waals surface area contributed by atoms with Gasteiger partial charge in [-0.05, 0) is 111 Å². The molecule has 3 heteroatoms. The molecule has 0 atom stereocenters. The van der Waals surface area contributed by atoms with Gasteiger partial charge in [0.1, 0.15) is 5.82 Å². The van der Waals surface area contributed by atoms with Crippen LogP contribution in [0.1, 0.15) is 0 Å². The highest BCUT2D eigenvalue weighted by Crippen LogP contribution is 2.43. The van der Waals surface area contributed by atoms with E-state index in [4.69, 9.17) is 0 Å². The summed E-state index contributed by atoms with van der Waals surface area (Å²) in [7, 11) is 0. The van der Waals surface area contributed by atoms with Gasteiger partial charge in [-0.25, -0.2) is 4.39 Å². The lowest BCUT2D eigenvalue weighted by atomic mass is 10.0. The number of halogens is 1. The van der Waals surface area contributed by atoms with E-state index in [0.29, 0.717) is 11.4 Å². The molecule has 0 saturated heterocycles. The Bertz CT molecular complexity index is 2530. The lowest BCUT2D eigenvalue weighted by Gasteiger charge is -2.30. The van der Waals surface area contributed by atoms with Crippen LogP contribution in [0.5, 0.6) is 0 Å². The van der Waals surface area contributed by atoms with Gasteiger partial charge in [-0.15, -0.1) is 0 Å². The summed E-state index contributed by atoms with van der Waals surface area (Å²) in [5.41, 5.74) is 14.0. The van der Waals surface area contributed by atoms with E-state index in [1.807, 2.05) is 24.3 Å². The van der Waals surface area contributed by atoms with Crippen molar-refractivity contribution in [2.45, 2.75) is 0 Å². The Balaban J connectivity index is 1.20. The van der Waals surface area contributed by atoms with E-state index in [1.165, 1.54) is 0 Å². The SMILES string of the molecule is Fc1cc(N(c2ccc(-c3ccccc3)cc2)c2cccc(-c3ccccc3)c2)cc(N(c2ccc(-c3ccccc3)cc2)c2cccc(-c3ccccc3)c2)c1. The predicted molar refractivity (Wildman–Crippen MR) is 238 cm³/mol. The molecular weight excluding hydrogens is 696 g/mol. The first-order valence-electron chi connectivity index (χ1n) is 19.2. The molecule has 9 rings (SSSR count). The molecule has 272 valence electrons. The smallest absolute Gasteiger partial charge is 0.127 e. The zero-order valence-electron chi connectivity index (χ0n) is 31.3. The minimum Gasteiger partial charge on any atom is -0.310 e. The standard InChI is InChI=1S/C54H39FN2/c55-48-37-53(56(49-31-27-44(28-32-49)40-15-5-1-6-16-40)51-25-13-23-46(35-51)42-19-9-3-10-20-42)39-54(38-48)57(50-33-29-45(30-34-50)41-17-7-2-8-18-41)52-26-14-24-47(36-52)43-21-11-4-12-22-43/h1-39H. The second-order valence-electron chi connectivity index (χ2n) is 14.0. The Morgan fingerprint density at radius 3 is 0.860 bits per heavy atom. The van der Waals surface area contributed by atoms with Crippen LogP contribution in [-0.4, -0.2) is 0 Å². The van der Waals surface area contributed by atoms with Gasteiger partial charge in [0.25, 0.3) is 0 Å². The molecule has 0 aliphatic carbocycles. The normalized spacial score (nSPS) is 10.9. The minimum atomic E-state index is -0.335. The maximum atomic E-state index is 16.4. The van der Waals surface area contributed by atoms with Crippen LogP contribution in [0.3, 0.4) is 0 Å². The van der Waals surface area contributed by atoms with Crippen molar-refractivity contribution < 1.29 is 4.39 Å². The third kappa shape index (κ3) is 7.73. The Morgan fingerprint density at radius 1 is 0.211 bits per heavy atom. The molecule has 0 bridgehead atoms. The topological polar surface area (TPSA) is 6.48 Å². The fourth-order valence-corrected chi connectivity index (χ4v) is 7.49. The molecular formula is C54H39FN2. The molecule has 9 aromatic carbocycles. The predicted octanol–water partition coefficient (Wildman–Crippen LogP) is 15.4. The molecule has 0 aliphatic heterocycles. The third-order valence-electron chi connectivity index (χ3n) is 10.3. The molecule has 0 aromatic heterocycles. The largest absolute Gasteiger partial charge is 0.310 e. The van der Waals surface area contributed by atoms with Gasteiger partial charge >= 0.3 is 0 Å². The van der Waals surface area contributed by atoms with Gasteiger partial charge in [0.2, 0.25) is 0 Å². The van der Waals surface area contributed by atoms with E-state index >= 15 is 4.39 Å². The third-order valence-corrected chi connectivity index (χ3v) is 10.3. The molecule has 0 fully saturated rings. The maximum Gasteiger partial charge on any atom is 0.127 e. The van der Waals surface area contributed by atoms with Gasteiger partial charge < -0.3 is 9.80 Å². The van der Waals surface area contributed by atoms with Crippen molar-refractivity contribution in [1.82, 2.24) is 0 Å². The second-order valence-corrected chi connectivity index (χ2v) is 14.0. The molecule has 0 radical (unpaired) electrons. The van der Waals surface area contributed by atoms with Crippen LogP contribution in [-0.2, 0) is 0 Å². The van der Waals surface area contributed by atoms with Gasteiger partial charge in [-0.3, -0.25) is 0 Å². The average Bonchev–Trinajstić information content (AvgIpc) is 3.28. The first-order chi connectivity index (χ1) is 28.2. The van der Waals surface area contributed by atoms with Crippen molar-refractivity contribution in [1.29, 1.82) is 0 Å². The highest BCUT2D eigenvalue weighted by Gasteiger charge is 2.20. The molecule has 0 heterocycles. The van der Waals surface area contributed by atoms with Crippen molar-refractivity contribution in [3.05, 3.63) is 242 Å². The molecule has 9 aromatic rings. The zero-order chi connectivity index (χ0) is 38.4. The fourth-order valence-electron chi connectivity index (χ4n) is 7.49. The summed E-state index contributed by atoms with van der Waals surface area (Å²) in [5.74, 6) is -0.335. The van der Waals surface area contributed by atoms with Gasteiger partial charge in [0.15, 0.2) is 0 Å². The Hall–Kier alpha value is -7.49. The molecule has 0 N–H and O–H groups in total. The van der Waals surface area contributed by atoms with Crippen molar-refractivity contribution in [3.63, 3.8) is 0 Å². The fraction of sp³-hybridized carbons (Fsp3) is 0. The highest BCUT2D eigenvalue weighted by molar-refractivity contribution is 5.86. The van der Waals surface area contributed by atoms with Gasteiger partial charge in [-0.1, -0.05) is 170 Å². The average molecular weight is 735 g/mol. The van der Waals surface area contributed by atoms with Crippen molar-refractivity contribution >= 4 is 34.1 Å². The Labute approximate surface area is 334 Å². The zero-order valence-corrected chi connectivity index (χ0v) is 31.3. The van der Waals surface area contributed by atoms with Crippen LogP contribution in [0.15, 0.2) is 237 Å². The lowest BCUT2D eigenvalue weighted by molar-refractivity contribution is 0.628. The second kappa shape index (κ2) is 16.1. The highest BCUT2D eigenvalue weighted by atomic mass is 19.1. The summed E-state index contributed by atoms with van der Waals surface area (Å²) < 4.78 is 16.4. The Kier molecular flexibility index (Phi) is 9.94. The summed E-state index contributed by atoms with van der Waals surface area (Å²) in [6.45, 7) is 0. The van der Waals surface area contributed by atoms with Crippen LogP contribution in [0, 0.1) is 5.82 Å². The first-order valence-corrected chi connectivity index (χ1v) is 19.2. The quantitative estimate of drug-likeness (QED) is 0.138. The van der Waals surface area contributed by atoms with Crippen LogP contribution in [0.25, 0.3) is 44.5 Å². The number of anilines is 6. The number of rotatable bonds is 10. The van der Waals surface area contributed by atoms with Crippen LogP contribution in [0.2, 0.25) is 0 Å². The molecule has 2 nitrogen and oxygen atoms in total. The number of nitrogens with zero attached hydrogens (tertiary/aromatic N) is 2. The minimum absolute atomic E-state index is 0.335. The maximum absolute atomic E-state index is 16.4. The lowest BCUT2D eigenvalue weighted by Crippen LogP contribution is -2.14. The van der Waals surface area contributed by atoms with Gasteiger partial charge in [0, 0.05) is 22.7 Å².